The van der Waals surface area contributed by atoms with Crippen molar-refractivity contribution in [1.82, 2.24) is 0 Å². The number of hydrogen-bond acceptors (Lipinski definition) is 6. The first-order valence-electron chi connectivity index (χ1n) is 28.7. The minimum atomic E-state index is -0.809. The Morgan fingerprint density at radius 3 is 0.928 bits per heavy atom. The van der Waals surface area contributed by atoms with Crippen molar-refractivity contribution >= 4 is 17.9 Å². The largest absolute Gasteiger partial charge is 0.462 e. The normalized spacial score (nSPS) is 12.8. The molecule has 0 heterocycles. The van der Waals surface area contributed by atoms with Crippen molar-refractivity contribution in [3.05, 3.63) is 97.2 Å². The van der Waals surface area contributed by atoms with Gasteiger partial charge in [-0.2, -0.15) is 0 Å². The van der Waals surface area contributed by atoms with Crippen molar-refractivity contribution in [2.24, 2.45) is 0 Å². The Hall–Kier alpha value is -3.67. The lowest BCUT2D eigenvalue weighted by Gasteiger charge is -2.18. The fourth-order valence-corrected chi connectivity index (χ4v) is 7.73. The molecule has 1 atom stereocenters. The van der Waals surface area contributed by atoms with Gasteiger partial charge in [0.2, 0.25) is 0 Å². The molecule has 0 bridgehead atoms. The molecule has 0 saturated carbocycles. The van der Waals surface area contributed by atoms with Gasteiger partial charge in [-0.05, 0) is 122 Å². The van der Waals surface area contributed by atoms with Crippen molar-refractivity contribution in [1.29, 1.82) is 0 Å². The van der Waals surface area contributed by atoms with Gasteiger partial charge in [-0.3, -0.25) is 14.4 Å². The SMILES string of the molecule is CC/C=C\C/C=C\C/C=C\C/C=C\CCCCC(=O)OC(COC(=O)CCCCCCC/C=C\CCCCCCCC)COC(=O)CCCCCCCC/C=C\C/C=C\C/C=C\CCCCCCC. The quantitative estimate of drug-likeness (QED) is 0.0262. The van der Waals surface area contributed by atoms with Gasteiger partial charge in [-0.25, -0.2) is 0 Å². The van der Waals surface area contributed by atoms with E-state index in [2.05, 4.69) is 118 Å². The predicted octanol–water partition coefficient (Wildman–Crippen LogP) is 19.3. The Morgan fingerprint density at radius 2 is 0.565 bits per heavy atom. The maximum atomic E-state index is 12.8. The lowest BCUT2D eigenvalue weighted by Crippen LogP contribution is -2.30. The van der Waals surface area contributed by atoms with Crippen LogP contribution in [0, 0.1) is 0 Å². The van der Waals surface area contributed by atoms with Crippen molar-refractivity contribution in [2.45, 2.75) is 271 Å². The van der Waals surface area contributed by atoms with Crippen molar-refractivity contribution in [2.75, 3.05) is 13.2 Å². The molecule has 0 amide bonds. The summed E-state index contributed by atoms with van der Waals surface area (Å²) in [5.41, 5.74) is 0. The molecule has 0 fully saturated rings. The topological polar surface area (TPSA) is 78.9 Å². The van der Waals surface area contributed by atoms with Gasteiger partial charge in [0.15, 0.2) is 6.10 Å². The van der Waals surface area contributed by atoms with Crippen LogP contribution in [-0.2, 0) is 28.6 Å². The predicted molar refractivity (Wildman–Crippen MR) is 297 cm³/mol. The van der Waals surface area contributed by atoms with Gasteiger partial charge in [0.25, 0.3) is 0 Å². The molecule has 69 heavy (non-hydrogen) atoms. The highest BCUT2D eigenvalue weighted by molar-refractivity contribution is 5.71. The molecule has 0 aromatic heterocycles. The molecule has 0 aliphatic rings. The molecule has 0 spiro atoms. The summed E-state index contributed by atoms with van der Waals surface area (Å²) >= 11 is 0. The third kappa shape index (κ3) is 55.1. The summed E-state index contributed by atoms with van der Waals surface area (Å²) in [7, 11) is 0. The van der Waals surface area contributed by atoms with Gasteiger partial charge in [-0.1, -0.05) is 221 Å². The first-order valence-corrected chi connectivity index (χ1v) is 28.7. The molecular weight excluding hydrogens is 853 g/mol. The first-order chi connectivity index (χ1) is 34.0. The Morgan fingerprint density at radius 1 is 0.304 bits per heavy atom. The van der Waals surface area contributed by atoms with E-state index in [1.165, 1.54) is 103 Å². The van der Waals surface area contributed by atoms with Gasteiger partial charge in [0, 0.05) is 19.3 Å². The number of hydrogen-bond donors (Lipinski definition) is 0. The second-order valence-corrected chi connectivity index (χ2v) is 18.8. The summed E-state index contributed by atoms with van der Waals surface area (Å²) < 4.78 is 16.8. The lowest BCUT2D eigenvalue weighted by molar-refractivity contribution is -0.167. The van der Waals surface area contributed by atoms with Crippen LogP contribution in [0.25, 0.3) is 0 Å². The van der Waals surface area contributed by atoms with E-state index in [1.807, 2.05) is 0 Å². The maximum absolute atomic E-state index is 12.8. The lowest BCUT2D eigenvalue weighted by atomic mass is 10.1. The van der Waals surface area contributed by atoms with Crippen LogP contribution in [0.3, 0.4) is 0 Å². The summed E-state index contributed by atoms with van der Waals surface area (Å²) in [6.07, 6.45) is 75.4. The van der Waals surface area contributed by atoms with E-state index in [0.29, 0.717) is 19.3 Å². The first kappa shape index (κ1) is 65.3. The van der Waals surface area contributed by atoms with Gasteiger partial charge >= 0.3 is 17.9 Å². The van der Waals surface area contributed by atoms with E-state index in [0.717, 1.165) is 116 Å². The monoisotopic (exact) mass is 959 g/mol. The van der Waals surface area contributed by atoms with Crippen LogP contribution >= 0.6 is 0 Å². The second kappa shape index (κ2) is 56.9. The number of allylic oxidation sites excluding steroid dienone is 16. The fourth-order valence-electron chi connectivity index (χ4n) is 7.73. The average Bonchev–Trinajstić information content (AvgIpc) is 3.35. The van der Waals surface area contributed by atoms with E-state index in [1.54, 1.807) is 0 Å². The summed E-state index contributed by atoms with van der Waals surface area (Å²) in [6.45, 7) is 6.46. The zero-order valence-corrected chi connectivity index (χ0v) is 45.0. The highest BCUT2D eigenvalue weighted by Gasteiger charge is 2.19. The molecule has 0 aliphatic heterocycles. The molecule has 394 valence electrons. The molecule has 0 radical (unpaired) electrons. The zero-order chi connectivity index (χ0) is 50.0. The van der Waals surface area contributed by atoms with E-state index in [4.69, 9.17) is 14.2 Å². The van der Waals surface area contributed by atoms with E-state index >= 15 is 0 Å². The Balaban J connectivity index is 4.46. The van der Waals surface area contributed by atoms with E-state index < -0.39 is 6.10 Å². The average molecular weight is 960 g/mol. The smallest absolute Gasteiger partial charge is 0.306 e. The Bertz CT molecular complexity index is 1380. The fraction of sp³-hybridized carbons (Fsp3) is 0.698. The Labute approximate surface area is 426 Å². The molecule has 0 aromatic carbocycles. The van der Waals surface area contributed by atoms with Crippen molar-refractivity contribution in [3.63, 3.8) is 0 Å². The van der Waals surface area contributed by atoms with Gasteiger partial charge in [0.05, 0.1) is 0 Å². The number of rotatable bonds is 51. The maximum Gasteiger partial charge on any atom is 0.306 e. The molecule has 6 heteroatoms. The van der Waals surface area contributed by atoms with Gasteiger partial charge < -0.3 is 14.2 Å². The van der Waals surface area contributed by atoms with Crippen LogP contribution in [0.5, 0.6) is 0 Å². The minimum Gasteiger partial charge on any atom is -0.462 e. The third-order valence-corrected chi connectivity index (χ3v) is 12.0. The highest BCUT2D eigenvalue weighted by Crippen LogP contribution is 2.14. The van der Waals surface area contributed by atoms with Crippen LogP contribution in [0.4, 0.5) is 0 Å². The molecule has 0 aliphatic carbocycles. The molecule has 0 rings (SSSR count). The second-order valence-electron chi connectivity index (χ2n) is 18.8. The summed E-state index contributed by atoms with van der Waals surface area (Å²) in [4.78, 5) is 38.1. The van der Waals surface area contributed by atoms with Crippen molar-refractivity contribution < 1.29 is 28.6 Å². The summed E-state index contributed by atoms with van der Waals surface area (Å²) in [5, 5.41) is 0. The molecular formula is C63H106O6. The van der Waals surface area contributed by atoms with Crippen LogP contribution in [0.15, 0.2) is 97.2 Å². The standard InChI is InChI=1S/C63H106O6/c1-4-7-10-13-16-19-22-25-28-29-30-31-32-33-36-38-41-44-47-50-53-56-62(65)68-59-60(69-63(66)57-54-51-48-45-42-39-35-27-24-21-18-15-12-9-6-3)58-67-61(64)55-52-49-46-43-40-37-34-26-23-20-17-14-11-8-5-2/h9,12,18,21-22,25-27,29-30,32-35,42,45,60H,4-8,10-11,13-17,19-20,23-24,28,31,36-41,43-44,46-59H2,1-3H3/b12-9-,21-18-,25-22-,30-29-,33-32-,34-26-,35-27-,45-42-. The number of unbranched alkanes of at least 4 members (excludes halogenated alkanes) is 24. The number of ether oxygens (including phenoxy) is 3. The minimum absolute atomic E-state index is 0.103. The summed E-state index contributed by atoms with van der Waals surface area (Å²) in [5.74, 6) is -0.964. The molecule has 0 N–H and O–H groups in total. The van der Waals surface area contributed by atoms with Crippen LogP contribution in [-0.4, -0.2) is 37.2 Å². The number of carbonyl (C=O) groups excluding carboxylic acids is 3. The van der Waals surface area contributed by atoms with Crippen LogP contribution in [0.2, 0.25) is 0 Å². The molecule has 6 nitrogen and oxygen atoms in total. The number of esters is 3. The van der Waals surface area contributed by atoms with Crippen molar-refractivity contribution in [3.8, 4) is 0 Å². The molecule has 1 unspecified atom stereocenters. The van der Waals surface area contributed by atoms with Crippen LogP contribution < -0.4 is 0 Å². The highest BCUT2D eigenvalue weighted by atomic mass is 16.6. The van der Waals surface area contributed by atoms with E-state index in [9.17, 15) is 14.4 Å². The summed E-state index contributed by atoms with van der Waals surface area (Å²) in [6, 6.07) is 0. The molecule has 0 saturated heterocycles. The third-order valence-electron chi connectivity index (χ3n) is 12.0. The van der Waals surface area contributed by atoms with Gasteiger partial charge in [0.1, 0.15) is 13.2 Å². The van der Waals surface area contributed by atoms with Gasteiger partial charge in [-0.15, -0.1) is 0 Å². The number of carbonyl (C=O) groups is 3. The molecule has 0 aromatic rings. The zero-order valence-electron chi connectivity index (χ0n) is 45.0. The Kier molecular flexibility index (Phi) is 53.9. The van der Waals surface area contributed by atoms with E-state index in [-0.39, 0.29) is 37.5 Å². The van der Waals surface area contributed by atoms with Crippen LogP contribution in [0.1, 0.15) is 265 Å².